The Balaban J connectivity index is 1.86. The number of fused-ring (bicyclic) bond motifs is 1. The van der Waals surface area contributed by atoms with Crippen molar-refractivity contribution in [2.75, 3.05) is 6.61 Å². The molecule has 0 fully saturated rings. The Morgan fingerprint density at radius 1 is 1.32 bits per heavy atom. The number of aliphatic carboxylic acids is 1. The second kappa shape index (κ2) is 6.89. The number of nitrogens with one attached hydrogen (secondary N) is 1. The van der Waals surface area contributed by atoms with Crippen LogP contribution in [0.15, 0.2) is 42.5 Å². The molecule has 0 saturated heterocycles. The van der Waals surface area contributed by atoms with Gasteiger partial charge in [-0.15, -0.1) is 0 Å². The molecule has 3 aromatic rings. The van der Waals surface area contributed by atoms with Crippen LogP contribution in [0.5, 0.6) is 5.75 Å². The molecule has 1 aromatic heterocycles. The minimum absolute atomic E-state index is 0.400. The zero-order valence-corrected chi connectivity index (χ0v) is 13.4. The number of aromatic nitrogens is 2. The highest BCUT2D eigenvalue weighted by Crippen LogP contribution is 2.21. The first-order valence-corrected chi connectivity index (χ1v) is 7.56. The van der Waals surface area contributed by atoms with Crippen molar-refractivity contribution in [1.29, 1.82) is 5.26 Å². The van der Waals surface area contributed by atoms with E-state index in [1.54, 1.807) is 30.3 Å². The number of allylic oxidation sites excluding steroid dienone is 1. The molecule has 124 valence electrons. The van der Waals surface area contributed by atoms with Crippen LogP contribution in [0.2, 0.25) is 0 Å². The van der Waals surface area contributed by atoms with Gasteiger partial charge in [-0.2, -0.15) is 5.26 Å². The third-order valence-corrected chi connectivity index (χ3v) is 3.56. The molecule has 25 heavy (non-hydrogen) atoms. The molecule has 0 radical (unpaired) electrons. The summed E-state index contributed by atoms with van der Waals surface area (Å²) in [7, 11) is 0. The summed E-state index contributed by atoms with van der Waals surface area (Å²) in [6.07, 6.45) is 1.70. The van der Waals surface area contributed by atoms with Crippen molar-refractivity contribution in [3.63, 3.8) is 0 Å². The number of nitriles is 1. The minimum Gasteiger partial charge on any atom is -0.546 e. The Morgan fingerprint density at radius 3 is 2.76 bits per heavy atom. The van der Waals surface area contributed by atoms with Gasteiger partial charge in [-0.25, -0.2) is 4.98 Å². The number of carbonyl (C=O) groups excluding carboxylic acids is 1. The van der Waals surface area contributed by atoms with E-state index < -0.39 is 12.6 Å². The summed E-state index contributed by atoms with van der Waals surface area (Å²) in [5, 5.41) is 19.8. The summed E-state index contributed by atoms with van der Waals surface area (Å²) in [4.78, 5) is 18.0. The van der Waals surface area contributed by atoms with Crippen molar-refractivity contribution >= 4 is 28.7 Å². The van der Waals surface area contributed by atoms with Crippen molar-refractivity contribution in [2.24, 2.45) is 0 Å². The molecule has 6 nitrogen and oxygen atoms in total. The first-order valence-electron chi connectivity index (χ1n) is 7.56. The number of aromatic amines is 1. The molecule has 0 spiro atoms. The molecule has 0 saturated carbocycles. The minimum atomic E-state index is -1.28. The number of H-pyrrole nitrogens is 1. The van der Waals surface area contributed by atoms with Crippen LogP contribution in [-0.2, 0) is 4.79 Å². The summed E-state index contributed by atoms with van der Waals surface area (Å²) < 4.78 is 5.02. The monoisotopic (exact) mass is 332 g/mol. The number of aryl methyl sites for hydroxylation is 1. The van der Waals surface area contributed by atoms with Crippen LogP contribution in [0.25, 0.3) is 22.7 Å². The van der Waals surface area contributed by atoms with Gasteiger partial charge in [0.25, 0.3) is 0 Å². The van der Waals surface area contributed by atoms with Gasteiger partial charge in [0.15, 0.2) is 0 Å². The lowest BCUT2D eigenvalue weighted by Gasteiger charge is -2.06. The van der Waals surface area contributed by atoms with E-state index in [1.165, 1.54) is 0 Å². The molecular formula is C19H14N3O3-. The number of carboxylic acid groups (broad SMARTS) is 1. The Labute approximate surface area is 144 Å². The third-order valence-electron chi connectivity index (χ3n) is 3.56. The number of carboxylic acids is 1. The number of carbonyl (C=O) groups is 1. The average Bonchev–Trinajstić information content (AvgIpc) is 3.01. The van der Waals surface area contributed by atoms with E-state index in [4.69, 9.17) is 4.74 Å². The lowest BCUT2D eigenvalue weighted by molar-refractivity contribution is -0.307. The SMILES string of the molecule is Cc1ccc2nc(/C(C#N)=C\c3ccc(OCC(=O)[O-])cc3)[nH]c2c1. The molecule has 0 amide bonds. The van der Waals surface area contributed by atoms with E-state index in [0.717, 1.165) is 22.2 Å². The van der Waals surface area contributed by atoms with Crippen LogP contribution in [0.3, 0.4) is 0 Å². The first-order chi connectivity index (χ1) is 12.0. The molecular weight excluding hydrogens is 318 g/mol. The Kier molecular flexibility index (Phi) is 4.48. The summed E-state index contributed by atoms with van der Waals surface area (Å²) in [6.45, 7) is 1.49. The van der Waals surface area contributed by atoms with Crippen molar-refractivity contribution in [3.05, 3.63) is 59.4 Å². The van der Waals surface area contributed by atoms with Gasteiger partial charge in [0.05, 0.1) is 22.6 Å². The number of benzene rings is 2. The molecule has 1 heterocycles. The molecule has 6 heteroatoms. The number of ether oxygens (including phenoxy) is 1. The van der Waals surface area contributed by atoms with Gasteiger partial charge in [0.2, 0.25) is 0 Å². The maximum absolute atomic E-state index is 10.4. The molecule has 0 bridgehead atoms. The smallest absolute Gasteiger partial charge is 0.149 e. The number of imidazole rings is 1. The highest BCUT2D eigenvalue weighted by molar-refractivity contribution is 5.90. The molecule has 1 N–H and O–H groups in total. The topological polar surface area (TPSA) is 102 Å². The highest BCUT2D eigenvalue weighted by Gasteiger charge is 2.08. The van der Waals surface area contributed by atoms with Crippen molar-refractivity contribution < 1.29 is 14.6 Å². The van der Waals surface area contributed by atoms with E-state index in [9.17, 15) is 15.2 Å². The highest BCUT2D eigenvalue weighted by atomic mass is 16.5. The van der Waals surface area contributed by atoms with Crippen LogP contribution in [0.4, 0.5) is 0 Å². The van der Waals surface area contributed by atoms with E-state index in [0.29, 0.717) is 17.1 Å². The lowest BCUT2D eigenvalue weighted by atomic mass is 10.1. The fourth-order valence-corrected chi connectivity index (χ4v) is 2.37. The Bertz CT molecular complexity index is 995. The maximum atomic E-state index is 10.4. The molecule has 0 aliphatic rings. The van der Waals surface area contributed by atoms with E-state index in [2.05, 4.69) is 16.0 Å². The summed E-state index contributed by atoms with van der Waals surface area (Å²) in [5.74, 6) is -0.365. The van der Waals surface area contributed by atoms with E-state index >= 15 is 0 Å². The van der Waals surface area contributed by atoms with Gasteiger partial charge < -0.3 is 19.6 Å². The molecule has 3 rings (SSSR count). The largest absolute Gasteiger partial charge is 0.546 e. The van der Waals surface area contributed by atoms with Gasteiger partial charge in [-0.05, 0) is 48.4 Å². The fraction of sp³-hybridized carbons (Fsp3) is 0.105. The summed E-state index contributed by atoms with van der Waals surface area (Å²) in [5.41, 5.74) is 3.96. The standard InChI is InChI=1S/C19H15N3O3/c1-12-2-7-16-17(8-12)22-19(21-16)14(10-20)9-13-3-5-15(6-4-13)25-11-18(23)24/h2-9H,11H2,1H3,(H,21,22)(H,23,24)/p-1/b14-9-. The quantitative estimate of drug-likeness (QED) is 0.721. The molecule has 0 atom stereocenters. The van der Waals surface area contributed by atoms with Gasteiger partial charge in [-0.1, -0.05) is 18.2 Å². The lowest BCUT2D eigenvalue weighted by Crippen LogP contribution is -2.28. The van der Waals surface area contributed by atoms with Gasteiger partial charge in [-0.3, -0.25) is 0 Å². The number of nitrogens with zero attached hydrogens (tertiary/aromatic N) is 2. The Hall–Kier alpha value is -3.59. The van der Waals surface area contributed by atoms with Gasteiger partial charge in [0.1, 0.15) is 24.3 Å². The summed E-state index contributed by atoms with van der Waals surface area (Å²) >= 11 is 0. The van der Waals surface area contributed by atoms with Crippen LogP contribution >= 0.6 is 0 Å². The summed E-state index contributed by atoms with van der Waals surface area (Å²) in [6, 6.07) is 14.7. The number of rotatable bonds is 5. The predicted octanol–water partition coefficient (Wildman–Crippen LogP) is 2.06. The van der Waals surface area contributed by atoms with Crippen LogP contribution in [0, 0.1) is 18.3 Å². The predicted molar refractivity (Wildman–Crippen MR) is 91.3 cm³/mol. The fourth-order valence-electron chi connectivity index (χ4n) is 2.37. The van der Waals surface area contributed by atoms with E-state index in [1.807, 2.05) is 25.1 Å². The van der Waals surface area contributed by atoms with E-state index in [-0.39, 0.29) is 0 Å². The van der Waals surface area contributed by atoms with Gasteiger partial charge >= 0.3 is 0 Å². The molecule has 0 aliphatic carbocycles. The first kappa shape index (κ1) is 16.3. The second-order valence-corrected chi connectivity index (χ2v) is 5.51. The zero-order chi connectivity index (χ0) is 17.8. The average molecular weight is 332 g/mol. The Morgan fingerprint density at radius 2 is 2.08 bits per heavy atom. The molecule has 0 unspecified atom stereocenters. The van der Waals surface area contributed by atoms with Crippen molar-refractivity contribution in [3.8, 4) is 11.8 Å². The van der Waals surface area contributed by atoms with Gasteiger partial charge in [0, 0.05) is 0 Å². The number of hydrogen-bond acceptors (Lipinski definition) is 5. The van der Waals surface area contributed by atoms with Crippen molar-refractivity contribution in [1.82, 2.24) is 9.97 Å². The van der Waals surface area contributed by atoms with Crippen LogP contribution < -0.4 is 9.84 Å². The number of hydrogen-bond donors (Lipinski definition) is 1. The van der Waals surface area contributed by atoms with Crippen molar-refractivity contribution in [2.45, 2.75) is 6.92 Å². The molecule has 2 aromatic carbocycles. The van der Waals surface area contributed by atoms with Crippen LogP contribution in [-0.4, -0.2) is 22.5 Å². The maximum Gasteiger partial charge on any atom is 0.149 e. The molecule has 0 aliphatic heterocycles. The normalized spacial score (nSPS) is 11.3. The third kappa shape index (κ3) is 3.85. The van der Waals surface area contributed by atoms with Crippen LogP contribution in [0.1, 0.15) is 17.0 Å². The second-order valence-electron chi connectivity index (χ2n) is 5.51. The zero-order valence-electron chi connectivity index (χ0n) is 13.4.